The summed E-state index contributed by atoms with van der Waals surface area (Å²) in [4.78, 5) is 0.807. The Kier molecular flexibility index (Phi) is 4.23. The van der Waals surface area contributed by atoms with Crippen molar-refractivity contribution in [3.8, 4) is 33.3 Å². The molecule has 0 amide bonds. The van der Waals surface area contributed by atoms with E-state index in [1.165, 1.54) is 11.1 Å². The summed E-state index contributed by atoms with van der Waals surface area (Å²) in [6.07, 6.45) is 0. The van der Waals surface area contributed by atoms with Gasteiger partial charge in [0.15, 0.2) is 0 Å². The molecule has 2 heterocycles. The van der Waals surface area contributed by atoms with Crippen molar-refractivity contribution in [2.24, 2.45) is 0 Å². The van der Waals surface area contributed by atoms with E-state index in [1.807, 2.05) is 36.4 Å². The molecule has 0 spiro atoms. The molecule has 0 atom stereocenters. The summed E-state index contributed by atoms with van der Waals surface area (Å²) < 4.78 is 7.06. The predicted molar refractivity (Wildman–Crippen MR) is 116 cm³/mol. The van der Waals surface area contributed by atoms with Crippen LogP contribution in [0.4, 0.5) is 0 Å². The zero-order valence-electron chi connectivity index (χ0n) is 15.0. The molecule has 0 saturated carbocycles. The molecule has 2 aromatic heterocycles. The number of nitrogens with zero attached hydrogens (tertiary/aromatic N) is 2. The van der Waals surface area contributed by atoms with Crippen LogP contribution in [-0.2, 0) is 0 Å². The first kappa shape index (κ1) is 17.2. The standard InChI is InChI=1S/C23H15ClN2OS/c1-14-7-12-18-19(13-14)28-21(20(18)24)23-26-25-22(27-23)17-10-8-16(9-11-17)15-5-3-2-4-6-15/h2-13H,1H3. The van der Waals surface area contributed by atoms with Crippen molar-refractivity contribution in [1.29, 1.82) is 0 Å². The maximum atomic E-state index is 6.57. The van der Waals surface area contributed by atoms with Gasteiger partial charge in [0.1, 0.15) is 4.88 Å². The zero-order valence-corrected chi connectivity index (χ0v) is 16.6. The summed E-state index contributed by atoms with van der Waals surface area (Å²) in [6.45, 7) is 2.07. The van der Waals surface area contributed by atoms with Gasteiger partial charge in [-0.15, -0.1) is 21.5 Å². The van der Waals surface area contributed by atoms with Crippen LogP contribution in [0.2, 0.25) is 5.02 Å². The Morgan fingerprint density at radius 1 is 0.786 bits per heavy atom. The fourth-order valence-electron chi connectivity index (χ4n) is 3.18. The van der Waals surface area contributed by atoms with E-state index in [0.717, 1.165) is 26.1 Å². The van der Waals surface area contributed by atoms with Gasteiger partial charge < -0.3 is 4.42 Å². The maximum absolute atomic E-state index is 6.57. The second-order valence-electron chi connectivity index (χ2n) is 6.60. The maximum Gasteiger partial charge on any atom is 0.259 e. The van der Waals surface area contributed by atoms with E-state index in [-0.39, 0.29) is 0 Å². The third kappa shape index (κ3) is 3.01. The highest BCUT2D eigenvalue weighted by atomic mass is 35.5. The number of hydrogen-bond acceptors (Lipinski definition) is 4. The van der Waals surface area contributed by atoms with E-state index in [0.29, 0.717) is 16.8 Å². The summed E-state index contributed by atoms with van der Waals surface area (Å²) in [5, 5.41) is 10.1. The van der Waals surface area contributed by atoms with Crippen LogP contribution in [0.25, 0.3) is 43.4 Å². The van der Waals surface area contributed by atoms with Crippen LogP contribution in [0, 0.1) is 6.92 Å². The number of benzene rings is 3. The van der Waals surface area contributed by atoms with Crippen molar-refractivity contribution in [3.05, 3.63) is 83.4 Å². The normalized spacial score (nSPS) is 11.2. The average molecular weight is 403 g/mol. The molecule has 0 bridgehead atoms. The van der Waals surface area contributed by atoms with Gasteiger partial charge in [-0.1, -0.05) is 66.2 Å². The highest BCUT2D eigenvalue weighted by Crippen LogP contribution is 2.42. The number of rotatable bonds is 3. The number of aryl methyl sites for hydroxylation is 1. The molecule has 0 fully saturated rings. The Bertz CT molecular complexity index is 1270. The first-order valence-corrected chi connectivity index (χ1v) is 10.1. The number of halogens is 1. The van der Waals surface area contributed by atoms with Gasteiger partial charge in [0, 0.05) is 15.6 Å². The van der Waals surface area contributed by atoms with Gasteiger partial charge in [-0.2, -0.15) is 0 Å². The van der Waals surface area contributed by atoms with Crippen molar-refractivity contribution < 1.29 is 4.42 Å². The largest absolute Gasteiger partial charge is 0.415 e. The molecule has 0 saturated heterocycles. The van der Waals surface area contributed by atoms with Crippen molar-refractivity contribution in [3.63, 3.8) is 0 Å². The van der Waals surface area contributed by atoms with Crippen molar-refractivity contribution >= 4 is 33.0 Å². The van der Waals surface area contributed by atoms with Crippen molar-refractivity contribution in [2.45, 2.75) is 6.92 Å². The lowest BCUT2D eigenvalue weighted by molar-refractivity contribution is 0.586. The molecule has 0 unspecified atom stereocenters. The molecule has 5 rings (SSSR count). The molecular weight excluding hydrogens is 388 g/mol. The van der Waals surface area contributed by atoms with E-state index in [1.54, 1.807) is 11.3 Å². The molecule has 28 heavy (non-hydrogen) atoms. The molecule has 0 aliphatic heterocycles. The minimum atomic E-state index is 0.450. The van der Waals surface area contributed by atoms with Crippen LogP contribution in [0.15, 0.2) is 77.2 Å². The summed E-state index contributed by atoms with van der Waals surface area (Å²) in [6, 6.07) is 24.6. The molecule has 0 aliphatic carbocycles. The van der Waals surface area contributed by atoms with Crippen LogP contribution >= 0.6 is 22.9 Å². The lowest BCUT2D eigenvalue weighted by Crippen LogP contribution is -1.80. The molecular formula is C23H15ClN2OS. The Hall–Kier alpha value is -2.95. The molecule has 5 aromatic rings. The van der Waals surface area contributed by atoms with Crippen LogP contribution in [0.5, 0.6) is 0 Å². The number of fused-ring (bicyclic) bond motifs is 1. The number of hydrogen-bond donors (Lipinski definition) is 0. The van der Waals surface area contributed by atoms with Gasteiger partial charge in [0.2, 0.25) is 5.89 Å². The van der Waals surface area contributed by atoms with Crippen LogP contribution in [0.1, 0.15) is 5.56 Å². The molecule has 0 N–H and O–H groups in total. The predicted octanol–water partition coefficient (Wildman–Crippen LogP) is 7.25. The topological polar surface area (TPSA) is 38.9 Å². The molecule has 0 aliphatic rings. The summed E-state index contributed by atoms with van der Waals surface area (Å²) in [7, 11) is 0. The fourth-order valence-corrected chi connectivity index (χ4v) is 4.71. The third-order valence-electron chi connectivity index (χ3n) is 4.64. The van der Waals surface area contributed by atoms with Gasteiger partial charge in [0.05, 0.1) is 5.02 Å². The monoisotopic (exact) mass is 402 g/mol. The Balaban J connectivity index is 1.49. The molecule has 5 heteroatoms. The fraction of sp³-hybridized carbons (Fsp3) is 0.0435. The summed E-state index contributed by atoms with van der Waals surface area (Å²) in [5.74, 6) is 0.935. The van der Waals surface area contributed by atoms with E-state index in [2.05, 4.69) is 53.5 Å². The SMILES string of the molecule is Cc1ccc2c(Cl)c(-c3nnc(-c4ccc(-c5ccccc5)cc4)o3)sc2c1. The average Bonchev–Trinajstić information content (AvgIpc) is 3.34. The van der Waals surface area contributed by atoms with Gasteiger partial charge in [-0.25, -0.2) is 0 Å². The van der Waals surface area contributed by atoms with Gasteiger partial charge in [0.25, 0.3) is 5.89 Å². The lowest BCUT2D eigenvalue weighted by Gasteiger charge is -2.01. The summed E-state index contributed by atoms with van der Waals surface area (Å²) in [5.41, 5.74) is 4.40. The van der Waals surface area contributed by atoms with Crippen molar-refractivity contribution in [1.82, 2.24) is 10.2 Å². The molecule has 136 valence electrons. The van der Waals surface area contributed by atoms with E-state index in [9.17, 15) is 0 Å². The van der Waals surface area contributed by atoms with E-state index < -0.39 is 0 Å². The zero-order chi connectivity index (χ0) is 19.1. The highest BCUT2D eigenvalue weighted by Gasteiger charge is 2.18. The van der Waals surface area contributed by atoms with Crippen LogP contribution in [-0.4, -0.2) is 10.2 Å². The van der Waals surface area contributed by atoms with Gasteiger partial charge in [-0.05, 0) is 41.8 Å². The van der Waals surface area contributed by atoms with Gasteiger partial charge in [-0.3, -0.25) is 0 Å². The lowest BCUT2D eigenvalue weighted by atomic mass is 10.0. The minimum Gasteiger partial charge on any atom is -0.415 e. The second kappa shape index (κ2) is 6.89. The van der Waals surface area contributed by atoms with Gasteiger partial charge >= 0.3 is 0 Å². The minimum absolute atomic E-state index is 0.450. The van der Waals surface area contributed by atoms with E-state index >= 15 is 0 Å². The third-order valence-corrected chi connectivity index (χ3v) is 6.29. The first-order valence-electron chi connectivity index (χ1n) is 8.87. The summed E-state index contributed by atoms with van der Waals surface area (Å²) >= 11 is 8.14. The Morgan fingerprint density at radius 3 is 2.25 bits per heavy atom. The first-order chi connectivity index (χ1) is 13.7. The highest BCUT2D eigenvalue weighted by molar-refractivity contribution is 7.23. The van der Waals surface area contributed by atoms with E-state index in [4.69, 9.17) is 16.0 Å². The van der Waals surface area contributed by atoms with Crippen LogP contribution < -0.4 is 0 Å². The Labute approximate surface area is 171 Å². The quantitative estimate of drug-likeness (QED) is 0.319. The molecule has 0 radical (unpaired) electrons. The van der Waals surface area contributed by atoms with Crippen LogP contribution in [0.3, 0.4) is 0 Å². The smallest absolute Gasteiger partial charge is 0.259 e. The molecule has 3 nitrogen and oxygen atoms in total. The number of thiophene rings is 1. The Morgan fingerprint density at radius 2 is 1.46 bits per heavy atom. The second-order valence-corrected chi connectivity index (χ2v) is 8.03. The molecule has 3 aromatic carbocycles. The van der Waals surface area contributed by atoms with Crippen molar-refractivity contribution in [2.75, 3.05) is 0 Å². The number of aromatic nitrogens is 2.